The molecular weight excluding hydrogens is 351 g/mol. The van der Waals surface area contributed by atoms with Crippen molar-refractivity contribution >= 4 is 21.8 Å². The second kappa shape index (κ2) is 6.36. The standard InChI is InChI=1S/C14H15BrF3NO2/c1-19(12(20)9-6-7-21-8-9)14(18,13(16)17)10-2-4-11(15)5-3-10/h2-5,9,13H,6-8H2,1H3. The van der Waals surface area contributed by atoms with Crippen molar-refractivity contribution in [1.82, 2.24) is 4.90 Å². The number of halogens is 4. The maximum absolute atomic E-state index is 15.0. The van der Waals surface area contributed by atoms with Gasteiger partial charge in [-0.2, -0.15) is 0 Å². The average Bonchev–Trinajstić information content (AvgIpc) is 2.99. The molecule has 0 aromatic heterocycles. The monoisotopic (exact) mass is 365 g/mol. The summed E-state index contributed by atoms with van der Waals surface area (Å²) in [4.78, 5) is 12.7. The molecule has 2 unspecified atom stereocenters. The fourth-order valence-corrected chi connectivity index (χ4v) is 2.58. The first-order valence-corrected chi connectivity index (χ1v) is 7.25. The largest absolute Gasteiger partial charge is 0.381 e. The molecule has 1 aliphatic rings. The van der Waals surface area contributed by atoms with E-state index in [1.165, 1.54) is 24.3 Å². The Balaban J connectivity index is 2.32. The topological polar surface area (TPSA) is 29.5 Å². The normalized spacial score (nSPS) is 21.3. The van der Waals surface area contributed by atoms with Crippen LogP contribution in [-0.2, 0) is 15.3 Å². The van der Waals surface area contributed by atoms with E-state index >= 15 is 0 Å². The van der Waals surface area contributed by atoms with Gasteiger partial charge in [0.25, 0.3) is 12.2 Å². The molecule has 0 N–H and O–H groups in total. The lowest BCUT2D eigenvalue weighted by atomic mass is 10.0. The molecule has 1 aromatic carbocycles. The van der Waals surface area contributed by atoms with Crippen LogP contribution < -0.4 is 0 Å². The fourth-order valence-electron chi connectivity index (χ4n) is 2.31. The number of carbonyl (C=O) groups is 1. The highest BCUT2D eigenvalue weighted by atomic mass is 79.9. The van der Waals surface area contributed by atoms with Gasteiger partial charge in [0.2, 0.25) is 5.91 Å². The van der Waals surface area contributed by atoms with Crippen molar-refractivity contribution in [3.8, 4) is 0 Å². The Labute approximate surface area is 129 Å². The van der Waals surface area contributed by atoms with Gasteiger partial charge in [-0.1, -0.05) is 28.1 Å². The second-order valence-electron chi connectivity index (χ2n) is 4.94. The van der Waals surface area contributed by atoms with Crippen molar-refractivity contribution in [3.05, 3.63) is 34.3 Å². The molecule has 0 aliphatic carbocycles. The molecule has 1 heterocycles. The number of benzene rings is 1. The summed E-state index contributed by atoms with van der Waals surface area (Å²) in [6, 6.07) is 5.41. The fraction of sp³-hybridized carbons (Fsp3) is 0.500. The van der Waals surface area contributed by atoms with Gasteiger partial charge in [-0.15, -0.1) is 0 Å². The van der Waals surface area contributed by atoms with Crippen LogP contribution in [0.3, 0.4) is 0 Å². The zero-order valence-corrected chi connectivity index (χ0v) is 12.9. The Morgan fingerprint density at radius 3 is 2.52 bits per heavy atom. The molecule has 0 bridgehead atoms. The number of rotatable bonds is 4. The van der Waals surface area contributed by atoms with Crippen LogP contribution in [0, 0.1) is 5.92 Å². The van der Waals surface area contributed by atoms with Gasteiger partial charge in [-0.3, -0.25) is 4.79 Å². The Kier molecular flexibility index (Phi) is 4.93. The van der Waals surface area contributed by atoms with Gasteiger partial charge in [0.1, 0.15) is 0 Å². The highest BCUT2D eigenvalue weighted by Crippen LogP contribution is 2.37. The number of ether oxygens (including phenoxy) is 1. The van der Waals surface area contributed by atoms with E-state index in [4.69, 9.17) is 4.74 Å². The highest BCUT2D eigenvalue weighted by molar-refractivity contribution is 9.10. The molecule has 3 nitrogen and oxygen atoms in total. The van der Waals surface area contributed by atoms with Crippen LogP contribution in [0.15, 0.2) is 28.7 Å². The van der Waals surface area contributed by atoms with E-state index in [-0.39, 0.29) is 12.2 Å². The minimum absolute atomic E-state index is 0.142. The van der Waals surface area contributed by atoms with Gasteiger partial charge in [0.05, 0.1) is 12.5 Å². The molecule has 0 radical (unpaired) electrons. The molecule has 7 heteroatoms. The molecule has 0 spiro atoms. The SMILES string of the molecule is CN(C(=O)C1CCOC1)C(F)(c1ccc(Br)cc1)C(F)F. The van der Waals surface area contributed by atoms with Crippen molar-refractivity contribution in [2.24, 2.45) is 5.92 Å². The predicted octanol–water partition coefficient (Wildman–Crippen LogP) is 3.33. The zero-order chi connectivity index (χ0) is 15.6. The minimum Gasteiger partial charge on any atom is -0.381 e. The van der Waals surface area contributed by atoms with E-state index in [0.717, 1.165) is 7.05 Å². The van der Waals surface area contributed by atoms with E-state index in [0.29, 0.717) is 22.4 Å². The van der Waals surface area contributed by atoms with Gasteiger partial charge in [0, 0.05) is 23.7 Å². The Hall–Kier alpha value is -1.08. The number of carbonyl (C=O) groups excluding carboxylic acids is 1. The van der Waals surface area contributed by atoms with Crippen LogP contribution in [0.1, 0.15) is 12.0 Å². The summed E-state index contributed by atoms with van der Waals surface area (Å²) < 4.78 is 47.4. The smallest absolute Gasteiger partial charge is 0.294 e. The number of hydrogen-bond acceptors (Lipinski definition) is 2. The van der Waals surface area contributed by atoms with Crippen LogP contribution >= 0.6 is 15.9 Å². The number of alkyl halides is 3. The maximum Gasteiger partial charge on any atom is 0.294 e. The zero-order valence-electron chi connectivity index (χ0n) is 11.4. The number of hydrogen-bond donors (Lipinski definition) is 0. The van der Waals surface area contributed by atoms with Crippen LogP contribution in [-0.4, -0.2) is 37.5 Å². The molecule has 1 aliphatic heterocycles. The van der Waals surface area contributed by atoms with E-state index in [2.05, 4.69) is 15.9 Å². The first kappa shape index (κ1) is 16.3. The van der Waals surface area contributed by atoms with Crippen LogP contribution in [0.5, 0.6) is 0 Å². The van der Waals surface area contributed by atoms with Crippen LogP contribution in [0.4, 0.5) is 13.2 Å². The van der Waals surface area contributed by atoms with E-state index in [9.17, 15) is 18.0 Å². The molecule has 0 saturated carbocycles. The van der Waals surface area contributed by atoms with Crippen molar-refractivity contribution < 1.29 is 22.7 Å². The Morgan fingerprint density at radius 2 is 2.05 bits per heavy atom. The molecule has 1 aromatic rings. The third-order valence-electron chi connectivity index (χ3n) is 3.64. The Bertz CT molecular complexity index is 505. The molecule has 1 fully saturated rings. The van der Waals surface area contributed by atoms with Gasteiger partial charge in [-0.05, 0) is 18.6 Å². The van der Waals surface area contributed by atoms with E-state index in [1.807, 2.05) is 0 Å². The highest BCUT2D eigenvalue weighted by Gasteiger charge is 2.49. The summed E-state index contributed by atoms with van der Waals surface area (Å²) >= 11 is 3.16. The summed E-state index contributed by atoms with van der Waals surface area (Å²) in [5.41, 5.74) is -0.254. The molecular formula is C14H15BrF3NO2. The average molecular weight is 366 g/mol. The van der Waals surface area contributed by atoms with E-state index in [1.54, 1.807) is 0 Å². The quantitative estimate of drug-likeness (QED) is 0.766. The number of amides is 1. The van der Waals surface area contributed by atoms with Gasteiger partial charge < -0.3 is 9.64 Å². The summed E-state index contributed by atoms with van der Waals surface area (Å²) in [6.07, 6.45) is -2.93. The minimum atomic E-state index is -3.35. The lowest BCUT2D eigenvalue weighted by Crippen LogP contribution is -2.51. The van der Waals surface area contributed by atoms with Gasteiger partial charge >= 0.3 is 0 Å². The first-order valence-electron chi connectivity index (χ1n) is 6.46. The number of nitrogens with zero attached hydrogens (tertiary/aromatic N) is 1. The van der Waals surface area contributed by atoms with Crippen molar-refractivity contribution in [2.45, 2.75) is 18.6 Å². The van der Waals surface area contributed by atoms with Gasteiger partial charge in [0.15, 0.2) is 0 Å². The van der Waals surface area contributed by atoms with Crippen molar-refractivity contribution in [2.75, 3.05) is 20.3 Å². The third kappa shape index (κ3) is 3.08. The molecule has 1 saturated heterocycles. The summed E-state index contributed by atoms with van der Waals surface area (Å²) in [5, 5.41) is 0. The third-order valence-corrected chi connectivity index (χ3v) is 4.16. The maximum atomic E-state index is 15.0. The second-order valence-corrected chi connectivity index (χ2v) is 5.85. The van der Waals surface area contributed by atoms with Crippen molar-refractivity contribution in [1.29, 1.82) is 0 Å². The van der Waals surface area contributed by atoms with Crippen molar-refractivity contribution in [3.63, 3.8) is 0 Å². The molecule has 116 valence electrons. The Morgan fingerprint density at radius 1 is 1.43 bits per heavy atom. The molecule has 21 heavy (non-hydrogen) atoms. The predicted molar refractivity (Wildman–Crippen MR) is 74.6 cm³/mol. The lowest BCUT2D eigenvalue weighted by molar-refractivity contribution is -0.172. The summed E-state index contributed by atoms with van der Waals surface area (Å²) in [5.74, 6) is -4.39. The summed E-state index contributed by atoms with van der Waals surface area (Å²) in [7, 11) is 1.06. The van der Waals surface area contributed by atoms with Crippen LogP contribution in [0.25, 0.3) is 0 Å². The molecule has 1 amide bonds. The summed E-state index contributed by atoms with van der Waals surface area (Å²) in [6.45, 7) is 0.527. The van der Waals surface area contributed by atoms with Gasteiger partial charge in [-0.25, -0.2) is 13.2 Å². The lowest BCUT2D eigenvalue weighted by Gasteiger charge is -2.35. The van der Waals surface area contributed by atoms with Crippen LogP contribution in [0.2, 0.25) is 0 Å². The molecule has 2 atom stereocenters. The molecule has 2 rings (SSSR count). The van der Waals surface area contributed by atoms with E-state index < -0.39 is 24.0 Å². The first-order chi connectivity index (χ1) is 9.87.